The minimum Gasteiger partial charge on any atom is -0.449 e. The van der Waals surface area contributed by atoms with Gasteiger partial charge in [-0.15, -0.1) is 0 Å². The Bertz CT molecular complexity index is 395. The van der Waals surface area contributed by atoms with Gasteiger partial charge in [-0.3, -0.25) is 4.21 Å². The van der Waals surface area contributed by atoms with E-state index < -0.39 is 10.8 Å². The van der Waals surface area contributed by atoms with Crippen LogP contribution in [0.4, 0.5) is 0 Å². The molecule has 5 heteroatoms. The standard InChI is InChI=1S/C11H16N2O2S/c1-9(5-6-16(2)14)13-8-11-4-3-10(7-12)15-11/h3-4,9,13H,5-6,8H2,1-2H3. The molecular weight excluding hydrogens is 224 g/mol. The molecule has 0 amide bonds. The van der Waals surface area contributed by atoms with Gasteiger partial charge in [0.25, 0.3) is 0 Å². The molecule has 0 aliphatic carbocycles. The Morgan fingerprint density at radius 3 is 2.94 bits per heavy atom. The summed E-state index contributed by atoms with van der Waals surface area (Å²) in [7, 11) is -0.738. The zero-order valence-electron chi connectivity index (χ0n) is 9.53. The first-order valence-electron chi connectivity index (χ1n) is 5.14. The van der Waals surface area contributed by atoms with E-state index in [0.717, 1.165) is 12.2 Å². The van der Waals surface area contributed by atoms with Crippen molar-refractivity contribution in [3.8, 4) is 6.07 Å². The SMILES string of the molecule is CC(CCS(C)=O)NCc1ccc(C#N)o1. The van der Waals surface area contributed by atoms with Crippen LogP contribution >= 0.6 is 0 Å². The molecule has 1 heterocycles. The first kappa shape index (κ1) is 12.9. The summed E-state index contributed by atoms with van der Waals surface area (Å²) < 4.78 is 16.1. The Morgan fingerprint density at radius 2 is 2.38 bits per heavy atom. The van der Waals surface area contributed by atoms with Crippen LogP contribution in [0.3, 0.4) is 0 Å². The molecule has 2 atom stereocenters. The van der Waals surface area contributed by atoms with Crippen molar-refractivity contribution in [2.24, 2.45) is 0 Å². The van der Waals surface area contributed by atoms with Gasteiger partial charge in [-0.05, 0) is 25.5 Å². The van der Waals surface area contributed by atoms with Crippen LogP contribution in [0.5, 0.6) is 0 Å². The Labute approximate surface area is 98.1 Å². The lowest BCUT2D eigenvalue weighted by Crippen LogP contribution is -2.26. The van der Waals surface area contributed by atoms with E-state index in [1.54, 1.807) is 18.4 Å². The third kappa shape index (κ3) is 4.60. The van der Waals surface area contributed by atoms with E-state index in [4.69, 9.17) is 9.68 Å². The van der Waals surface area contributed by atoms with Gasteiger partial charge in [-0.2, -0.15) is 5.26 Å². The van der Waals surface area contributed by atoms with Crippen LogP contribution in [0.1, 0.15) is 24.9 Å². The molecule has 1 aromatic rings. The van der Waals surface area contributed by atoms with Crippen molar-refractivity contribution < 1.29 is 8.63 Å². The molecule has 0 aliphatic heterocycles. The van der Waals surface area contributed by atoms with Crippen molar-refractivity contribution in [1.29, 1.82) is 5.26 Å². The molecule has 1 N–H and O–H groups in total. The normalized spacial score (nSPS) is 14.3. The van der Waals surface area contributed by atoms with Gasteiger partial charge in [-0.1, -0.05) is 0 Å². The van der Waals surface area contributed by atoms with Crippen molar-refractivity contribution in [1.82, 2.24) is 5.32 Å². The highest BCUT2D eigenvalue weighted by Crippen LogP contribution is 2.06. The molecule has 0 radical (unpaired) electrons. The van der Waals surface area contributed by atoms with Gasteiger partial charge in [0.2, 0.25) is 5.76 Å². The van der Waals surface area contributed by atoms with Gasteiger partial charge in [-0.25, -0.2) is 0 Å². The quantitative estimate of drug-likeness (QED) is 0.816. The summed E-state index contributed by atoms with van der Waals surface area (Å²) in [6.07, 6.45) is 2.58. The molecule has 0 fully saturated rings. The third-order valence-electron chi connectivity index (χ3n) is 2.23. The van der Waals surface area contributed by atoms with Crippen LogP contribution < -0.4 is 5.32 Å². The fourth-order valence-electron chi connectivity index (χ4n) is 1.25. The molecule has 0 aliphatic rings. The van der Waals surface area contributed by atoms with Crippen LogP contribution in [0.25, 0.3) is 0 Å². The number of hydrogen-bond donors (Lipinski definition) is 1. The van der Waals surface area contributed by atoms with Gasteiger partial charge in [0.15, 0.2) is 0 Å². The van der Waals surface area contributed by atoms with Crippen LogP contribution in [0.15, 0.2) is 16.5 Å². The first-order chi connectivity index (χ1) is 7.61. The van der Waals surface area contributed by atoms with E-state index in [0.29, 0.717) is 24.1 Å². The highest BCUT2D eigenvalue weighted by atomic mass is 32.2. The lowest BCUT2D eigenvalue weighted by atomic mass is 10.2. The summed E-state index contributed by atoms with van der Waals surface area (Å²) in [6.45, 7) is 2.64. The van der Waals surface area contributed by atoms with E-state index >= 15 is 0 Å². The number of hydrogen-bond acceptors (Lipinski definition) is 4. The minimum absolute atomic E-state index is 0.291. The molecular formula is C11H16N2O2S. The van der Waals surface area contributed by atoms with Crippen molar-refractivity contribution >= 4 is 10.8 Å². The van der Waals surface area contributed by atoms with Gasteiger partial charge in [0, 0.05) is 28.9 Å². The highest BCUT2D eigenvalue weighted by molar-refractivity contribution is 7.84. The van der Waals surface area contributed by atoms with Gasteiger partial charge < -0.3 is 9.73 Å². The molecule has 16 heavy (non-hydrogen) atoms. The molecule has 1 aromatic heterocycles. The van der Waals surface area contributed by atoms with E-state index in [1.165, 1.54) is 0 Å². The number of furan rings is 1. The summed E-state index contributed by atoms with van der Waals surface area (Å²) in [5.41, 5.74) is 0. The molecule has 2 unspecified atom stereocenters. The van der Waals surface area contributed by atoms with Crippen molar-refractivity contribution in [3.05, 3.63) is 23.7 Å². The minimum atomic E-state index is -0.738. The zero-order valence-corrected chi connectivity index (χ0v) is 10.3. The second-order valence-corrected chi connectivity index (χ2v) is 5.28. The molecule has 88 valence electrons. The summed E-state index contributed by atoms with van der Waals surface area (Å²) in [6, 6.07) is 5.68. The fraction of sp³-hybridized carbons (Fsp3) is 0.545. The topological polar surface area (TPSA) is 66.0 Å². The smallest absolute Gasteiger partial charge is 0.203 e. The molecule has 1 rings (SSSR count). The molecule has 0 bridgehead atoms. The van der Waals surface area contributed by atoms with Crippen LogP contribution in [-0.2, 0) is 17.3 Å². The zero-order chi connectivity index (χ0) is 12.0. The first-order valence-corrected chi connectivity index (χ1v) is 6.86. The maximum Gasteiger partial charge on any atom is 0.203 e. The van der Waals surface area contributed by atoms with Gasteiger partial charge in [0.05, 0.1) is 6.54 Å². The average molecular weight is 240 g/mol. The molecule has 0 aromatic carbocycles. The van der Waals surface area contributed by atoms with E-state index in [1.807, 2.05) is 13.0 Å². The van der Waals surface area contributed by atoms with E-state index in [9.17, 15) is 4.21 Å². The fourth-order valence-corrected chi connectivity index (χ4v) is 1.94. The van der Waals surface area contributed by atoms with E-state index in [-0.39, 0.29) is 0 Å². The number of nitrogens with one attached hydrogen (secondary N) is 1. The summed E-state index contributed by atoms with van der Waals surface area (Å²) >= 11 is 0. The monoisotopic (exact) mass is 240 g/mol. The number of nitriles is 1. The van der Waals surface area contributed by atoms with Crippen LogP contribution in [0, 0.1) is 11.3 Å². The second kappa shape index (κ2) is 6.46. The second-order valence-electron chi connectivity index (χ2n) is 3.73. The largest absolute Gasteiger partial charge is 0.449 e. The van der Waals surface area contributed by atoms with Crippen LogP contribution in [-0.4, -0.2) is 22.3 Å². The predicted molar refractivity (Wildman–Crippen MR) is 63.3 cm³/mol. The number of rotatable bonds is 6. The maximum atomic E-state index is 10.9. The van der Waals surface area contributed by atoms with E-state index in [2.05, 4.69) is 5.32 Å². The highest BCUT2D eigenvalue weighted by Gasteiger charge is 2.05. The Balaban J connectivity index is 2.29. The predicted octanol–water partition coefficient (Wildman–Crippen LogP) is 1.40. The number of nitrogens with zero attached hydrogens (tertiary/aromatic N) is 1. The summed E-state index contributed by atoms with van der Waals surface area (Å²) in [5.74, 6) is 1.79. The molecule has 0 saturated carbocycles. The average Bonchev–Trinajstić information content (AvgIpc) is 2.71. The van der Waals surface area contributed by atoms with Crippen molar-refractivity contribution in [2.75, 3.05) is 12.0 Å². The van der Waals surface area contributed by atoms with Crippen LogP contribution in [0.2, 0.25) is 0 Å². The molecule has 4 nitrogen and oxygen atoms in total. The van der Waals surface area contributed by atoms with Gasteiger partial charge in [0.1, 0.15) is 11.8 Å². The summed E-state index contributed by atoms with van der Waals surface area (Å²) in [5, 5.41) is 11.8. The van der Waals surface area contributed by atoms with Crippen molar-refractivity contribution in [3.63, 3.8) is 0 Å². The molecule has 0 saturated heterocycles. The van der Waals surface area contributed by atoms with Crippen molar-refractivity contribution in [2.45, 2.75) is 25.9 Å². The maximum absolute atomic E-state index is 10.9. The Morgan fingerprint density at radius 1 is 1.62 bits per heavy atom. The molecule has 0 spiro atoms. The third-order valence-corrected chi connectivity index (χ3v) is 3.05. The lowest BCUT2D eigenvalue weighted by molar-refractivity contribution is 0.445. The lowest BCUT2D eigenvalue weighted by Gasteiger charge is -2.11. The summed E-state index contributed by atoms with van der Waals surface area (Å²) in [4.78, 5) is 0. The Hall–Kier alpha value is -1.12. The Kier molecular flexibility index (Phi) is 5.23. The van der Waals surface area contributed by atoms with Gasteiger partial charge >= 0.3 is 0 Å².